The van der Waals surface area contributed by atoms with Crippen molar-refractivity contribution in [2.75, 3.05) is 13.6 Å². The highest BCUT2D eigenvalue weighted by molar-refractivity contribution is 5.11. The Balaban J connectivity index is 2.91. The van der Waals surface area contributed by atoms with Gasteiger partial charge in [0.25, 0.3) is 0 Å². The lowest BCUT2D eigenvalue weighted by Crippen LogP contribution is -2.46. The molecule has 1 heterocycles. The summed E-state index contributed by atoms with van der Waals surface area (Å²) in [5, 5.41) is 3.57. The van der Waals surface area contributed by atoms with E-state index < -0.39 is 0 Å². The maximum absolute atomic E-state index is 5.43. The summed E-state index contributed by atoms with van der Waals surface area (Å²) in [7, 11) is 1.78. The average Bonchev–Trinajstić information content (AvgIpc) is 2.57. The molecule has 16 heavy (non-hydrogen) atoms. The molecule has 0 aliphatic carbocycles. The molecule has 0 amide bonds. The van der Waals surface area contributed by atoms with E-state index >= 15 is 0 Å². The Labute approximate surface area is 99.6 Å². The summed E-state index contributed by atoms with van der Waals surface area (Å²) in [5.74, 6) is 1.41. The number of hydrogen-bond donors (Lipinski definition) is 2. The van der Waals surface area contributed by atoms with Gasteiger partial charge in [0.05, 0.1) is 0 Å². The van der Waals surface area contributed by atoms with E-state index in [0.29, 0.717) is 5.92 Å². The lowest BCUT2D eigenvalue weighted by atomic mass is 9.66. The minimum absolute atomic E-state index is 0.0238. The summed E-state index contributed by atoms with van der Waals surface area (Å²) in [6, 6.07) is 0. The molecule has 1 aliphatic heterocycles. The third-order valence-corrected chi connectivity index (χ3v) is 4.25. The molecule has 0 aromatic rings. The summed E-state index contributed by atoms with van der Waals surface area (Å²) < 4.78 is 0. The van der Waals surface area contributed by atoms with Crippen LogP contribution in [0.5, 0.6) is 0 Å². The highest BCUT2D eigenvalue weighted by atomic mass is 16.6. The van der Waals surface area contributed by atoms with Crippen LogP contribution < -0.4 is 10.8 Å². The second-order valence-electron chi connectivity index (χ2n) is 5.49. The molecule has 1 fully saturated rings. The molecule has 0 aromatic heterocycles. The van der Waals surface area contributed by atoms with Crippen molar-refractivity contribution in [1.82, 2.24) is 10.8 Å². The molecule has 1 aliphatic rings. The van der Waals surface area contributed by atoms with E-state index in [1.165, 1.54) is 6.42 Å². The zero-order chi connectivity index (χ0) is 12.4. The molecule has 0 aromatic carbocycles. The molecule has 0 saturated carbocycles. The fourth-order valence-corrected chi connectivity index (χ4v) is 3.02. The Bertz CT molecular complexity index is 263. The van der Waals surface area contributed by atoms with Crippen LogP contribution in [-0.4, -0.2) is 19.1 Å². The fourth-order valence-electron chi connectivity index (χ4n) is 3.02. The molecule has 2 atom stereocenters. The van der Waals surface area contributed by atoms with Crippen molar-refractivity contribution in [3.63, 3.8) is 0 Å². The van der Waals surface area contributed by atoms with Gasteiger partial charge >= 0.3 is 0 Å². The highest BCUT2D eigenvalue weighted by Gasteiger charge is 2.47. The largest absolute Gasteiger partial charge is 0.414 e. The minimum Gasteiger partial charge on any atom is -0.414 e. The lowest BCUT2D eigenvalue weighted by molar-refractivity contribution is 0.0274. The summed E-state index contributed by atoms with van der Waals surface area (Å²) in [6.45, 7) is 14.2. The number of hydroxylamine groups is 1. The number of hydrogen-bond acceptors (Lipinski definition) is 3. The van der Waals surface area contributed by atoms with Gasteiger partial charge in [0.2, 0.25) is 0 Å². The lowest BCUT2D eigenvalue weighted by Gasteiger charge is -2.42. The third-order valence-electron chi connectivity index (χ3n) is 4.25. The normalized spacial score (nSPS) is 27.4. The first-order valence-corrected chi connectivity index (χ1v) is 6.16. The number of nitrogens with one attached hydrogen (secondary N) is 2. The molecule has 0 unspecified atom stereocenters. The molecule has 2 N–H and O–H groups in total. The van der Waals surface area contributed by atoms with E-state index in [2.05, 4.69) is 45.1 Å². The van der Waals surface area contributed by atoms with E-state index in [9.17, 15) is 0 Å². The molecule has 3 heteroatoms. The van der Waals surface area contributed by atoms with Crippen molar-refractivity contribution in [1.29, 1.82) is 0 Å². The SMILES string of the molecule is C=C(ONC)[C@@](C)(CC)[C@H]1CCNC1(C)C. The standard InChI is InChI=1S/C13H26N2O/c1-7-13(5,10(2)16-14-6)11-8-9-15-12(11,3)4/h11,14-15H,2,7-9H2,1,3-6H3/t11-,13+/m0/s1. The second-order valence-corrected chi connectivity index (χ2v) is 5.49. The van der Waals surface area contributed by atoms with Crippen LogP contribution in [0.3, 0.4) is 0 Å². The van der Waals surface area contributed by atoms with E-state index in [0.717, 1.165) is 18.7 Å². The predicted molar refractivity (Wildman–Crippen MR) is 67.9 cm³/mol. The van der Waals surface area contributed by atoms with Gasteiger partial charge in [-0.25, -0.2) is 0 Å². The monoisotopic (exact) mass is 226 g/mol. The van der Waals surface area contributed by atoms with Crippen molar-refractivity contribution < 1.29 is 4.84 Å². The van der Waals surface area contributed by atoms with Gasteiger partial charge in [-0.3, -0.25) is 0 Å². The van der Waals surface area contributed by atoms with Gasteiger partial charge < -0.3 is 10.2 Å². The first kappa shape index (κ1) is 13.5. The topological polar surface area (TPSA) is 33.3 Å². The quantitative estimate of drug-likeness (QED) is 0.558. The Kier molecular flexibility index (Phi) is 4.02. The van der Waals surface area contributed by atoms with Gasteiger partial charge in [-0.2, -0.15) is 5.48 Å². The Hall–Kier alpha value is -0.540. The van der Waals surface area contributed by atoms with E-state index in [4.69, 9.17) is 4.84 Å². The summed E-state index contributed by atoms with van der Waals surface area (Å²) >= 11 is 0. The zero-order valence-electron chi connectivity index (χ0n) is 11.3. The van der Waals surface area contributed by atoms with Crippen molar-refractivity contribution >= 4 is 0 Å². The second kappa shape index (κ2) is 4.76. The first-order chi connectivity index (χ1) is 7.38. The molecule has 0 radical (unpaired) electrons. The van der Waals surface area contributed by atoms with E-state index in [-0.39, 0.29) is 11.0 Å². The summed E-state index contributed by atoms with van der Waals surface area (Å²) in [5.41, 5.74) is 2.92. The number of allylic oxidation sites excluding steroid dienone is 1. The molecule has 0 bridgehead atoms. The van der Waals surface area contributed by atoms with Gasteiger partial charge in [-0.15, -0.1) is 0 Å². The van der Waals surface area contributed by atoms with Crippen molar-refractivity contribution in [3.05, 3.63) is 12.3 Å². The van der Waals surface area contributed by atoms with Gasteiger partial charge in [-0.1, -0.05) is 20.4 Å². The molecular formula is C13H26N2O. The molecule has 0 spiro atoms. The average molecular weight is 226 g/mol. The minimum atomic E-state index is 0.0238. The maximum atomic E-state index is 5.43. The van der Waals surface area contributed by atoms with Crippen molar-refractivity contribution in [3.8, 4) is 0 Å². The molecular weight excluding hydrogens is 200 g/mol. The summed E-state index contributed by atoms with van der Waals surface area (Å²) in [4.78, 5) is 5.43. The van der Waals surface area contributed by atoms with Crippen LogP contribution in [0.2, 0.25) is 0 Å². The third kappa shape index (κ3) is 2.25. The van der Waals surface area contributed by atoms with Crippen LogP contribution >= 0.6 is 0 Å². The van der Waals surface area contributed by atoms with Crippen LogP contribution in [0.4, 0.5) is 0 Å². The van der Waals surface area contributed by atoms with E-state index in [1.807, 2.05) is 0 Å². The highest BCUT2D eigenvalue weighted by Crippen LogP contribution is 2.47. The van der Waals surface area contributed by atoms with Gasteiger partial charge in [0.1, 0.15) is 5.76 Å². The maximum Gasteiger partial charge on any atom is 0.123 e. The van der Waals surface area contributed by atoms with Crippen LogP contribution in [-0.2, 0) is 4.84 Å². The van der Waals surface area contributed by atoms with Gasteiger partial charge in [-0.05, 0) is 39.2 Å². The van der Waals surface area contributed by atoms with Crippen LogP contribution in [0, 0.1) is 11.3 Å². The Morgan fingerprint density at radius 3 is 2.62 bits per heavy atom. The van der Waals surface area contributed by atoms with Gasteiger partial charge in [0, 0.05) is 18.0 Å². The molecule has 94 valence electrons. The van der Waals surface area contributed by atoms with Gasteiger partial charge in [0.15, 0.2) is 0 Å². The molecule has 1 saturated heterocycles. The van der Waals surface area contributed by atoms with Crippen molar-refractivity contribution in [2.24, 2.45) is 11.3 Å². The fraction of sp³-hybridized carbons (Fsp3) is 0.846. The Morgan fingerprint density at radius 1 is 1.62 bits per heavy atom. The summed E-state index contributed by atoms with van der Waals surface area (Å²) in [6.07, 6.45) is 2.23. The van der Waals surface area contributed by atoms with Crippen LogP contribution in [0.15, 0.2) is 12.3 Å². The molecule has 1 rings (SSSR count). The predicted octanol–water partition coefficient (Wildman–Crippen LogP) is 2.46. The molecule has 3 nitrogen and oxygen atoms in total. The Morgan fingerprint density at radius 2 is 2.25 bits per heavy atom. The smallest absolute Gasteiger partial charge is 0.123 e. The van der Waals surface area contributed by atoms with Crippen LogP contribution in [0.25, 0.3) is 0 Å². The van der Waals surface area contributed by atoms with Crippen LogP contribution in [0.1, 0.15) is 40.5 Å². The van der Waals surface area contributed by atoms with E-state index in [1.54, 1.807) is 7.05 Å². The first-order valence-electron chi connectivity index (χ1n) is 6.16. The number of rotatable bonds is 5. The zero-order valence-corrected chi connectivity index (χ0v) is 11.3. The van der Waals surface area contributed by atoms with Crippen molar-refractivity contribution in [2.45, 2.75) is 46.1 Å².